The van der Waals surface area contributed by atoms with E-state index >= 15 is 0 Å². The van der Waals surface area contributed by atoms with Crippen molar-refractivity contribution in [3.05, 3.63) is 17.5 Å². The van der Waals surface area contributed by atoms with E-state index in [1.54, 1.807) is 7.05 Å². The van der Waals surface area contributed by atoms with Crippen LogP contribution in [0.5, 0.6) is 0 Å². The van der Waals surface area contributed by atoms with Gasteiger partial charge in [0.2, 0.25) is 5.95 Å². The van der Waals surface area contributed by atoms with E-state index in [2.05, 4.69) is 30.1 Å². The molecule has 0 saturated carbocycles. The van der Waals surface area contributed by atoms with Crippen LogP contribution in [0.3, 0.4) is 0 Å². The third kappa shape index (κ3) is 5.90. The summed E-state index contributed by atoms with van der Waals surface area (Å²) in [6.45, 7) is 7.97. The zero-order chi connectivity index (χ0) is 18.7. The predicted molar refractivity (Wildman–Crippen MR) is 119 cm³/mol. The normalized spacial score (nSPS) is 22.5. The Morgan fingerprint density at radius 3 is 2.37 bits per heavy atom. The fourth-order valence-corrected chi connectivity index (χ4v) is 5.43. The number of hydrogen-bond donors (Lipinski definition) is 1. The molecule has 2 aliphatic heterocycles. The van der Waals surface area contributed by atoms with Gasteiger partial charge in [-0.15, -0.1) is 24.0 Å². The van der Waals surface area contributed by atoms with E-state index in [0.717, 1.165) is 55.9 Å². The Balaban J connectivity index is 0.00000261. The minimum absolute atomic E-state index is 0. The van der Waals surface area contributed by atoms with Gasteiger partial charge in [-0.1, -0.05) is 0 Å². The first-order valence-electron chi connectivity index (χ1n) is 9.09. The van der Waals surface area contributed by atoms with Crippen LogP contribution in [0.2, 0.25) is 0 Å². The Bertz CT molecular complexity index is 757. The lowest BCUT2D eigenvalue weighted by Crippen LogP contribution is -2.53. The molecular formula is C17H29IN6O2S. The van der Waals surface area contributed by atoms with E-state index in [1.165, 1.54) is 0 Å². The number of nitrogens with one attached hydrogen (secondary N) is 1. The average Bonchev–Trinajstić information content (AvgIpc) is 2.94. The topological polar surface area (TPSA) is 90.8 Å². The average molecular weight is 508 g/mol. The van der Waals surface area contributed by atoms with Crippen LogP contribution in [0.25, 0.3) is 0 Å². The van der Waals surface area contributed by atoms with Gasteiger partial charge in [0, 0.05) is 51.2 Å². The van der Waals surface area contributed by atoms with Crippen molar-refractivity contribution < 1.29 is 8.42 Å². The second-order valence-electron chi connectivity index (χ2n) is 7.12. The lowest BCUT2D eigenvalue weighted by atomic mass is 10.1. The number of hydrogen-bond acceptors (Lipinski definition) is 6. The summed E-state index contributed by atoms with van der Waals surface area (Å²) < 4.78 is 23.2. The molecule has 0 aliphatic carbocycles. The largest absolute Gasteiger partial charge is 0.356 e. The third-order valence-corrected chi connectivity index (χ3v) is 6.76. The maximum absolute atomic E-state index is 11.6. The fraction of sp³-hybridized carbons (Fsp3) is 0.706. The molecule has 0 bridgehead atoms. The van der Waals surface area contributed by atoms with Crippen molar-refractivity contribution in [2.45, 2.75) is 20.3 Å². The standard InChI is InChI=1S/C17H28N6O2S.HI/c1-13-10-14(2)21-17(20-13)23-7-5-22(6-8-23)16(18-3)19-11-15-4-9-26(24,25)12-15;/h10,15H,4-9,11-12H2,1-3H3,(H,18,19);1H. The van der Waals surface area contributed by atoms with Gasteiger partial charge in [-0.3, -0.25) is 4.99 Å². The Hall–Kier alpha value is -1.17. The highest BCUT2D eigenvalue weighted by Crippen LogP contribution is 2.18. The molecule has 1 N–H and O–H groups in total. The SMILES string of the molecule is CN=C(NCC1CCS(=O)(=O)C1)N1CCN(c2nc(C)cc(C)n2)CC1.I. The quantitative estimate of drug-likeness (QED) is 0.368. The second kappa shape index (κ2) is 9.35. The summed E-state index contributed by atoms with van der Waals surface area (Å²) in [7, 11) is -1.06. The molecule has 8 nitrogen and oxygen atoms in total. The second-order valence-corrected chi connectivity index (χ2v) is 9.35. The highest BCUT2D eigenvalue weighted by Gasteiger charge is 2.28. The predicted octanol–water partition coefficient (Wildman–Crippen LogP) is 0.844. The monoisotopic (exact) mass is 508 g/mol. The molecule has 0 amide bonds. The van der Waals surface area contributed by atoms with Crippen molar-refractivity contribution in [3.63, 3.8) is 0 Å². The van der Waals surface area contributed by atoms with Crippen LogP contribution in [0.4, 0.5) is 5.95 Å². The summed E-state index contributed by atoms with van der Waals surface area (Å²) in [5.41, 5.74) is 1.97. The van der Waals surface area contributed by atoms with Gasteiger partial charge in [0.1, 0.15) is 0 Å². The molecule has 27 heavy (non-hydrogen) atoms. The molecular weight excluding hydrogens is 479 g/mol. The van der Waals surface area contributed by atoms with Crippen molar-refractivity contribution in [2.24, 2.45) is 10.9 Å². The van der Waals surface area contributed by atoms with Gasteiger partial charge in [0.25, 0.3) is 0 Å². The molecule has 1 aromatic rings. The van der Waals surface area contributed by atoms with Crippen LogP contribution in [0, 0.1) is 19.8 Å². The fourth-order valence-electron chi connectivity index (χ4n) is 3.57. The Morgan fingerprint density at radius 1 is 1.22 bits per heavy atom. The molecule has 2 fully saturated rings. The molecule has 1 unspecified atom stereocenters. The van der Waals surface area contributed by atoms with Crippen LogP contribution in [0.1, 0.15) is 17.8 Å². The van der Waals surface area contributed by atoms with Gasteiger partial charge in [-0.25, -0.2) is 18.4 Å². The highest BCUT2D eigenvalue weighted by atomic mass is 127. The Morgan fingerprint density at radius 2 is 1.85 bits per heavy atom. The molecule has 0 aromatic carbocycles. The minimum atomic E-state index is -2.83. The van der Waals surface area contributed by atoms with E-state index in [9.17, 15) is 8.42 Å². The molecule has 2 aliphatic rings. The van der Waals surface area contributed by atoms with Gasteiger partial charge in [0.05, 0.1) is 11.5 Å². The smallest absolute Gasteiger partial charge is 0.225 e. The Labute approximate surface area is 178 Å². The molecule has 0 spiro atoms. The van der Waals surface area contributed by atoms with E-state index in [4.69, 9.17) is 0 Å². The maximum atomic E-state index is 11.6. The lowest BCUT2D eigenvalue weighted by molar-refractivity contribution is 0.367. The number of anilines is 1. The van der Waals surface area contributed by atoms with E-state index in [-0.39, 0.29) is 35.6 Å². The van der Waals surface area contributed by atoms with Crippen LogP contribution in [0.15, 0.2) is 11.1 Å². The number of sulfone groups is 1. The van der Waals surface area contributed by atoms with Gasteiger partial charge in [0.15, 0.2) is 15.8 Å². The molecule has 1 atom stereocenters. The lowest BCUT2D eigenvalue weighted by Gasteiger charge is -2.36. The number of rotatable bonds is 3. The van der Waals surface area contributed by atoms with E-state index < -0.39 is 9.84 Å². The summed E-state index contributed by atoms with van der Waals surface area (Å²) in [4.78, 5) is 17.9. The maximum Gasteiger partial charge on any atom is 0.225 e. The molecule has 1 aromatic heterocycles. The summed E-state index contributed by atoms with van der Waals surface area (Å²) in [5, 5.41) is 3.35. The van der Waals surface area contributed by atoms with Crippen LogP contribution < -0.4 is 10.2 Å². The van der Waals surface area contributed by atoms with Gasteiger partial charge < -0.3 is 15.1 Å². The number of nitrogens with zero attached hydrogens (tertiary/aromatic N) is 5. The third-order valence-electron chi connectivity index (χ3n) is 4.92. The first-order valence-corrected chi connectivity index (χ1v) is 10.9. The van der Waals surface area contributed by atoms with Crippen molar-refractivity contribution in [1.29, 1.82) is 0 Å². The summed E-state index contributed by atoms with van der Waals surface area (Å²) in [5.74, 6) is 2.42. The number of aryl methyl sites for hydroxylation is 2. The number of guanidine groups is 1. The Kier molecular flexibility index (Phi) is 7.66. The molecule has 2 saturated heterocycles. The van der Waals surface area contributed by atoms with Crippen molar-refractivity contribution in [3.8, 4) is 0 Å². The zero-order valence-electron chi connectivity index (χ0n) is 16.2. The first-order chi connectivity index (χ1) is 12.4. The van der Waals surface area contributed by atoms with E-state index in [0.29, 0.717) is 12.3 Å². The number of piperazine rings is 1. The summed E-state index contributed by atoms with van der Waals surface area (Å²) in [6.07, 6.45) is 0.740. The minimum Gasteiger partial charge on any atom is -0.356 e. The van der Waals surface area contributed by atoms with Crippen molar-refractivity contribution in [2.75, 3.05) is 56.2 Å². The van der Waals surface area contributed by atoms with Gasteiger partial charge in [-0.2, -0.15) is 0 Å². The molecule has 3 heterocycles. The highest BCUT2D eigenvalue weighted by molar-refractivity contribution is 14.0. The molecule has 10 heteroatoms. The van der Waals surface area contributed by atoms with Gasteiger partial charge >= 0.3 is 0 Å². The van der Waals surface area contributed by atoms with Crippen molar-refractivity contribution in [1.82, 2.24) is 20.2 Å². The number of aliphatic imine (C=N–C) groups is 1. The summed E-state index contributed by atoms with van der Waals surface area (Å²) in [6, 6.07) is 1.98. The van der Waals surface area contributed by atoms with Crippen LogP contribution in [-0.2, 0) is 9.84 Å². The summed E-state index contributed by atoms with van der Waals surface area (Å²) >= 11 is 0. The molecule has 152 valence electrons. The van der Waals surface area contributed by atoms with Crippen molar-refractivity contribution >= 4 is 45.7 Å². The zero-order valence-corrected chi connectivity index (χ0v) is 19.3. The molecule has 3 rings (SSSR count). The van der Waals surface area contributed by atoms with Gasteiger partial charge in [-0.05, 0) is 32.3 Å². The number of halogens is 1. The molecule has 0 radical (unpaired) electrons. The van der Waals surface area contributed by atoms with Crippen LogP contribution in [-0.4, -0.2) is 80.5 Å². The van der Waals surface area contributed by atoms with E-state index in [1.807, 2.05) is 19.9 Å². The number of aromatic nitrogens is 2. The first kappa shape index (κ1) is 22.1. The van der Waals surface area contributed by atoms with Crippen LogP contribution >= 0.6 is 24.0 Å².